The maximum atomic E-state index is 13.1. The molecule has 0 spiro atoms. The molecule has 0 atom stereocenters. The van der Waals surface area contributed by atoms with Crippen LogP contribution < -0.4 is 14.8 Å². The van der Waals surface area contributed by atoms with Crippen LogP contribution in [0.25, 0.3) is 6.08 Å². The van der Waals surface area contributed by atoms with E-state index < -0.39 is 17.1 Å². The van der Waals surface area contributed by atoms with Gasteiger partial charge in [0.2, 0.25) is 5.91 Å². The molecule has 1 saturated heterocycles. The molecule has 1 heterocycles. The highest BCUT2D eigenvalue weighted by molar-refractivity contribution is 8.18. The Bertz CT molecular complexity index is 1410. The van der Waals surface area contributed by atoms with Crippen LogP contribution in [0, 0.1) is 20.8 Å². The summed E-state index contributed by atoms with van der Waals surface area (Å²) in [5.74, 6) is -0.0779. The number of amides is 3. The van der Waals surface area contributed by atoms with E-state index in [1.807, 2.05) is 45.0 Å². The minimum Gasteiger partial charge on any atom is -0.493 e. The van der Waals surface area contributed by atoms with Crippen molar-refractivity contribution in [2.75, 3.05) is 19.0 Å². The van der Waals surface area contributed by atoms with E-state index in [-0.39, 0.29) is 18.1 Å². The Balaban J connectivity index is 1.52. The minimum atomic E-state index is -0.543. The summed E-state index contributed by atoms with van der Waals surface area (Å²) in [5, 5.41) is 2.95. The highest BCUT2D eigenvalue weighted by Crippen LogP contribution is 2.38. The molecule has 1 aliphatic rings. The summed E-state index contributed by atoms with van der Waals surface area (Å²) in [7, 11) is 1.53. The van der Waals surface area contributed by atoms with Gasteiger partial charge in [-0.3, -0.25) is 19.3 Å². The fourth-order valence-electron chi connectivity index (χ4n) is 4.18. The van der Waals surface area contributed by atoms with Crippen LogP contribution in [0.2, 0.25) is 5.02 Å². The number of rotatable bonds is 8. The number of benzene rings is 3. The molecule has 38 heavy (non-hydrogen) atoms. The lowest BCUT2D eigenvalue weighted by molar-refractivity contribution is -0.127. The predicted molar refractivity (Wildman–Crippen MR) is 151 cm³/mol. The fourth-order valence-corrected chi connectivity index (χ4v) is 5.13. The van der Waals surface area contributed by atoms with Gasteiger partial charge in [-0.2, -0.15) is 0 Å². The van der Waals surface area contributed by atoms with Crippen LogP contribution in [0.3, 0.4) is 0 Å². The van der Waals surface area contributed by atoms with Crippen molar-refractivity contribution in [1.82, 2.24) is 4.90 Å². The molecule has 3 amide bonds. The zero-order chi connectivity index (χ0) is 27.4. The quantitative estimate of drug-likeness (QED) is 0.321. The van der Waals surface area contributed by atoms with Gasteiger partial charge in [-0.25, -0.2) is 0 Å². The predicted octanol–water partition coefficient (Wildman–Crippen LogP) is 6.53. The fraction of sp³-hybridized carbons (Fsp3) is 0.207. The topological polar surface area (TPSA) is 84.9 Å². The number of nitrogens with zero attached hydrogens (tertiary/aromatic N) is 1. The number of halogens is 1. The van der Waals surface area contributed by atoms with Crippen molar-refractivity contribution >= 4 is 52.2 Å². The van der Waals surface area contributed by atoms with E-state index in [9.17, 15) is 14.4 Å². The van der Waals surface area contributed by atoms with Crippen LogP contribution in [-0.2, 0) is 16.2 Å². The Labute approximate surface area is 230 Å². The van der Waals surface area contributed by atoms with Gasteiger partial charge in [0.15, 0.2) is 11.5 Å². The van der Waals surface area contributed by atoms with E-state index >= 15 is 0 Å². The maximum Gasteiger partial charge on any atom is 0.294 e. The summed E-state index contributed by atoms with van der Waals surface area (Å²) in [6, 6.07) is 16.5. The molecule has 0 bridgehead atoms. The number of thioether (sulfide) groups is 1. The van der Waals surface area contributed by atoms with E-state index in [0.29, 0.717) is 27.8 Å². The van der Waals surface area contributed by atoms with Crippen LogP contribution >= 0.6 is 23.4 Å². The first-order valence-corrected chi connectivity index (χ1v) is 13.0. The van der Waals surface area contributed by atoms with E-state index in [1.165, 1.54) is 7.11 Å². The zero-order valence-electron chi connectivity index (χ0n) is 21.5. The molecule has 4 rings (SSSR count). The molecular formula is C29H27ClN2O5S. The Morgan fingerprint density at radius 2 is 1.74 bits per heavy atom. The number of aryl methyl sites for hydroxylation is 3. The average Bonchev–Trinajstić information content (AvgIpc) is 3.13. The van der Waals surface area contributed by atoms with Gasteiger partial charge in [0.25, 0.3) is 11.1 Å². The third-order valence-corrected chi connectivity index (χ3v) is 7.09. The molecule has 0 saturated carbocycles. The van der Waals surface area contributed by atoms with Crippen LogP contribution in [0.15, 0.2) is 59.5 Å². The van der Waals surface area contributed by atoms with Crippen LogP contribution in [0.5, 0.6) is 11.5 Å². The highest BCUT2D eigenvalue weighted by atomic mass is 35.5. The zero-order valence-corrected chi connectivity index (χ0v) is 23.0. The number of hydrogen-bond acceptors (Lipinski definition) is 6. The molecular weight excluding hydrogens is 524 g/mol. The Hall–Kier alpha value is -3.75. The van der Waals surface area contributed by atoms with Gasteiger partial charge in [0.05, 0.1) is 12.0 Å². The molecule has 0 radical (unpaired) electrons. The number of carbonyl (C=O) groups is 3. The lowest BCUT2D eigenvalue weighted by Gasteiger charge is -2.16. The molecule has 1 N–H and O–H groups in total. The van der Waals surface area contributed by atoms with Gasteiger partial charge in [-0.1, -0.05) is 53.6 Å². The normalized spacial score (nSPS) is 14.2. The van der Waals surface area contributed by atoms with Crippen molar-refractivity contribution in [3.63, 3.8) is 0 Å². The number of nitrogens with one attached hydrogen (secondary N) is 1. The van der Waals surface area contributed by atoms with Crippen molar-refractivity contribution in [3.8, 4) is 11.5 Å². The number of hydrogen-bond donors (Lipinski definition) is 1. The first kappa shape index (κ1) is 27.3. The summed E-state index contributed by atoms with van der Waals surface area (Å²) < 4.78 is 11.5. The summed E-state index contributed by atoms with van der Waals surface area (Å²) in [6.07, 6.45) is 1.58. The van der Waals surface area contributed by atoms with Gasteiger partial charge in [-0.05, 0) is 73.5 Å². The molecule has 1 aliphatic heterocycles. The van der Waals surface area contributed by atoms with Crippen molar-refractivity contribution in [2.24, 2.45) is 0 Å². The van der Waals surface area contributed by atoms with Crippen LogP contribution in [0.4, 0.5) is 10.5 Å². The third-order valence-electron chi connectivity index (χ3n) is 5.93. The number of carbonyl (C=O) groups excluding carboxylic acids is 3. The largest absolute Gasteiger partial charge is 0.493 e. The van der Waals surface area contributed by atoms with Gasteiger partial charge in [-0.15, -0.1) is 0 Å². The van der Waals surface area contributed by atoms with Crippen LogP contribution in [-0.4, -0.2) is 35.6 Å². The third kappa shape index (κ3) is 6.20. The molecule has 0 aliphatic carbocycles. The van der Waals surface area contributed by atoms with Crippen LogP contribution in [0.1, 0.15) is 27.8 Å². The van der Waals surface area contributed by atoms with Crippen molar-refractivity contribution < 1.29 is 23.9 Å². The molecule has 0 aromatic heterocycles. The molecule has 3 aromatic rings. The number of para-hydroxylation sites is 1. The minimum absolute atomic E-state index is 0.190. The molecule has 3 aromatic carbocycles. The van der Waals surface area contributed by atoms with Crippen molar-refractivity contribution in [1.29, 1.82) is 0 Å². The van der Waals surface area contributed by atoms with Gasteiger partial charge < -0.3 is 14.8 Å². The molecule has 1 fully saturated rings. The lowest BCUT2D eigenvalue weighted by atomic mass is 10.1. The summed E-state index contributed by atoms with van der Waals surface area (Å²) in [4.78, 5) is 39.7. The summed E-state index contributed by atoms with van der Waals surface area (Å²) >= 11 is 6.74. The van der Waals surface area contributed by atoms with Crippen molar-refractivity contribution in [3.05, 3.63) is 92.3 Å². The number of anilines is 1. The second-order valence-corrected chi connectivity index (χ2v) is 10.3. The monoisotopic (exact) mass is 550 g/mol. The smallest absolute Gasteiger partial charge is 0.294 e. The SMILES string of the molecule is COc1cccc(/C=C2/SC(=O)N(CC(=O)Nc3c(C)cc(C)cc3C)C2=O)c1OCc1ccc(Cl)cc1. The number of methoxy groups -OCH3 is 1. The first-order chi connectivity index (χ1) is 18.2. The first-order valence-electron chi connectivity index (χ1n) is 11.8. The highest BCUT2D eigenvalue weighted by Gasteiger charge is 2.36. The average molecular weight is 551 g/mol. The molecule has 7 nitrogen and oxygen atoms in total. The molecule has 196 valence electrons. The molecule has 9 heteroatoms. The second kappa shape index (κ2) is 11.8. The van der Waals surface area contributed by atoms with Gasteiger partial charge in [0.1, 0.15) is 13.2 Å². The summed E-state index contributed by atoms with van der Waals surface area (Å²) in [5.41, 5.74) is 5.06. The van der Waals surface area contributed by atoms with E-state index in [0.717, 1.165) is 38.9 Å². The number of imide groups is 1. The maximum absolute atomic E-state index is 13.1. The standard InChI is InChI=1S/C29H27ClN2O5S/c1-17-12-18(2)26(19(3)13-17)31-25(33)15-32-28(34)24(38-29(32)35)14-21-6-5-7-23(36-4)27(21)37-16-20-8-10-22(30)11-9-20/h5-14H,15-16H2,1-4H3,(H,31,33)/b24-14+. The summed E-state index contributed by atoms with van der Waals surface area (Å²) in [6.45, 7) is 5.65. The van der Waals surface area contributed by atoms with E-state index in [2.05, 4.69) is 5.32 Å². The lowest BCUT2D eigenvalue weighted by Crippen LogP contribution is -2.36. The second-order valence-electron chi connectivity index (χ2n) is 8.88. The molecule has 0 unspecified atom stereocenters. The van der Waals surface area contributed by atoms with Crippen molar-refractivity contribution in [2.45, 2.75) is 27.4 Å². The van der Waals surface area contributed by atoms with Gasteiger partial charge in [0, 0.05) is 16.3 Å². The Morgan fingerprint density at radius 1 is 1.05 bits per heavy atom. The van der Waals surface area contributed by atoms with E-state index in [1.54, 1.807) is 36.4 Å². The van der Waals surface area contributed by atoms with Gasteiger partial charge >= 0.3 is 0 Å². The Morgan fingerprint density at radius 3 is 2.39 bits per heavy atom. The van der Waals surface area contributed by atoms with E-state index in [4.69, 9.17) is 21.1 Å². The number of ether oxygens (including phenoxy) is 2. The Kier molecular flexibility index (Phi) is 8.44.